The fourth-order valence-electron chi connectivity index (χ4n) is 2.35. The Morgan fingerprint density at radius 2 is 1.43 bits per heavy atom. The van der Waals surface area contributed by atoms with E-state index in [1.54, 1.807) is 0 Å². The lowest BCUT2D eigenvalue weighted by Crippen LogP contribution is -3.00. The van der Waals surface area contributed by atoms with E-state index in [0.29, 0.717) is 5.92 Å². The summed E-state index contributed by atoms with van der Waals surface area (Å²) in [6, 6.07) is 20.9. The van der Waals surface area contributed by atoms with Gasteiger partial charge in [-0.05, 0) is 24.1 Å². The molecule has 0 aliphatic heterocycles. The van der Waals surface area contributed by atoms with Crippen LogP contribution in [0.5, 0.6) is 0 Å². The summed E-state index contributed by atoms with van der Waals surface area (Å²) in [5.74, 6) is 0.0127. The van der Waals surface area contributed by atoms with Crippen molar-refractivity contribution in [2.75, 3.05) is 13.1 Å². The molecule has 0 spiro atoms. The number of nitrogens with two attached hydrogens (primary N) is 1. The first-order valence-corrected chi connectivity index (χ1v) is 6.86. The maximum absolute atomic E-state index is 10.7. The van der Waals surface area contributed by atoms with E-state index >= 15 is 0 Å². The van der Waals surface area contributed by atoms with Crippen LogP contribution >= 0.6 is 0 Å². The number of halogens is 1. The van der Waals surface area contributed by atoms with Crippen molar-refractivity contribution in [1.29, 1.82) is 0 Å². The molecule has 0 radical (unpaired) electrons. The lowest BCUT2D eigenvalue weighted by molar-refractivity contribution is -0.117. The van der Waals surface area contributed by atoms with E-state index in [1.807, 2.05) is 12.1 Å². The van der Waals surface area contributed by atoms with Crippen LogP contribution in [0.15, 0.2) is 60.7 Å². The zero-order valence-electron chi connectivity index (χ0n) is 11.8. The quantitative estimate of drug-likeness (QED) is 0.664. The van der Waals surface area contributed by atoms with Gasteiger partial charge >= 0.3 is 0 Å². The summed E-state index contributed by atoms with van der Waals surface area (Å²) in [6.45, 7) is 0.994. The van der Waals surface area contributed by atoms with E-state index in [1.165, 1.54) is 11.1 Å². The Hall–Kier alpha value is -1.84. The van der Waals surface area contributed by atoms with Crippen LogP contribution in [-0.4, -0.2) is 19.0 Å². The molecular formula is C17H20ClN2O-. The Kier molecular flexibility index (Phi) is 7.51. The number of benzene rings is 2. The van der Waals surface area contributed by atoms with Crippen molar-refractivity contribution in [2.45, 2.75) is 12.3 Å². The molecule has 0 unspecified atom stereocenters. The fraction of sp³-hybridized carbons (Fsp3) is 0.235. The van der Waals surface area contributed by atoms with Gasteiger partial charge in [0, 0.05) is 5.92 Å². The first-order chi connectivity index (χ1) is 9.77. The number of rotatable bonds is 7. The van der Waals surface area contributed by atoms with Crippen molar-refractivity contribution < 1.29 is 17.2 Å². The molecule has 112 valence electrons. The Morgan fingerprint density at radius 1 is 0.952 bits per heavy atom. The highest BCUT2D eigenvalue weighted by Gasteiger charge is 2.13. The molecule has 0 aromatic heterocycles. The minimum atomic E-state index is -0.319. The van der Waals surface area contributed by atoms with Gasteiger partial charge in [-0.2, -0.15) is 0 Å². The summed E-state index contributed by atoms with van der Waals surface area (Å²) in [5.41, 5.74) is 7.71. The smallest absolute Gasteiger partial charge is 0.231 e. The van der Waals surface area contributed by atoms with Gasteiger partial charge in [0.25, 0.3) is 0 Å². The Labute approximate surface area is 132 Å². The van der Waals surface area contributed by atoms with Gasteiger partial charge in [0.1, 0.15) is 0 Å². The zero-order valence-corrected chi connectivity index (χ0v) is 12.6. The summed E-state index contributed by atoms with van der Waals surface area (Å²) in [6.07, 6.45) is 0.932. The van der Waals surface area contributed by atoms with Crippen LogP contribution in [0.2, 0.25) is 0 Å². The highest BCUT2D eigenvalue weighted by atomic mass is 35.5. The molecule has 0 atom stereocenters. The molecule has 2 aromatic carbocycles. The van der Waals surface area contributed by atoms with Gasteiger partial charge in [-0.1, -0.05) is 60.7 Å². The molecule has 3 N–H and O–H groups in total. The first-order valence-electron chi connectivity index (χ1n) is 6.86. The van der Waals surface area contributed by atoms with Crippen molar-refractivity contribution in [3.05, 3.63) is 71.8 Å². The first kappa shape index (κ1) is 17.2. The summed E-state index contributed by atoms with van der Waals surface area (Å²) in [5, 5.41) is 3.08. The molecular weight excluding hydrogens is 284 g/mol. The lowest BCUT2D eigenvalue weighted by Gasteiger charge is -2.18. The lowest BCUT2D eigenvalue weighted by atomic mass is 9.88. The highest BCUT2D eigenvalue weighted by molar-refractivity contribution is 5.75. The van der Waals surface area contributed by atoms with Crippen molar-refractivity contribution in [3.8, 4) is 0 Å². The van der Waals surface area contributed by atoms with Gasteiger partial charge in [-0.25, -0.2) is 0 Å². The topological polar surface area (TPSA) is 55.1 Å². The summed E-state index contributed by atoms with van der Waals surface area (Å²) < 4.78 is 0. The molecule has 0 aliphatic carbocycles. The third kappa shape index (κ3) is 5.58. The predicted octanol–water partition coefficient (Wildman–Crippen LogP) is -0.712. The standard InChI is InChI=1S/C17H20N2O.ClH/c18-17(20)13-19-12-11-16(14-7-3-1-4-8-14)15-9-5-2-6-10-15;/h1-10,16,19H,11-13H2,(H2,18,20);1H/p-1. The monoisotopic (exact) mass is 303 g/mol. The predicted molar refractivity (Wildman–Crippen MR) is 81.4 cm³/mol. The van der Waals surface area contributed by atoms with Crippen LogP contribution in [-0.2, 0) is 4.79 Å². The molecule has 0 saturated carbocycles. The van der Waals surface area contributed by atoms with Crippen LogP contribution in [0.1, 0.15) is 23.5 Å². The number of carbonyl (C=O) groups is 1. The van der Waals surface area contributed by atoms with E-state index in [0.717, 1.165) is 13.0 Å². The number of hydrogen-bond donors (Lipinski definition) is 2. The summed E-state index contributed by atoms with van der Waals surface area (Å²) in [4.78, 5) is 10.7. The Morgan fingerprint density at radius 3 is 1.86 bits per heavy atom. The summed E-state index contributed by atoms with van der Waals surface area (Å²) in [7, 11) is 0. The molecule has 0 bridgehead atoms. The molecule has 0 saturated heterocycles. The minimum Gasteiger partial charge on any atom is -1.00 e. The molecule has 4 heteroatoms. The van der Waals surface area contributed by atoms with Gasteiger partial charge in [-0.3, -0.25) is 4.79 Å². The molecule has 3 nitrogen and oxygen atoms in total. The van der Waals surface area contributed by atoms with Crippen LogP contribution in [0.3, 0.4) is 0 Å². The van der Waals surface area contributed by atoms with E-state index in [4.69, 9.17) is 5.73 Å². The average molecular weight is 304 g/mol. The van der Waals surface area contributed by atoms with E-state index in [-0.39, 0.29) is 24.9 Å². The summed E-state index contributed by atoms with van der Waals surface area (Å²) >= 11 is 0. The third-order valence-electron chi connectivity index (χ3n) is 3.31. The van der Waals surface area contributed by atoms with Gasteiger partial charge in [0.15, 0.2) is 0 Å². The molecule has 0 heterocycles. The van der Waals surface area contributed by atoms with Crippen molar-refractivity contribution in [2.24, 2.45) is 5.73 Å². The molecule has 0 aliphatic rings. The Bertz CT molecular complexity index is 492. The van der Waals surface area contributed by atoms with Crippen LogP contribution in [0, 0.1) is 0 Å². The van der Waals surface area contributed by atoms with E-state index < -0.39 is 0 Å². The Balaban J connectivity index is 0.00000220. The van der Waals surface area contributed by atoms with Gasteiger partial charge in [0.05, 0.1) is 6.54 Å². The largest absolute Gasteiger partial charge is 1.00 e. The number of hydrogen-bond acceptors (Lipinski definition) is 2. The SMILES string of the molecule is NC(=O)CNCCC(c1ccccc1)c1ccccc1.[Cl-]. The maximum Gasteiger partial charge on any atom is 0.231 e. The van der Waals surface area contributed by atoms with Crippen LogP contribution in [0.4, 0.5) is 0 Å². The second-order valence-electron chi connectivity index (χ2n) is 4.81. The number of carbonyl (C=O) groups excluding carboxylic acids is 1. The third-order valence-corrected chi connectivity index (χ3v) is 3.31. The average Bonchev–Trinajstić information content (AvgIpc) is 2.49. The second kappa shape index (κ2) is 9.16. The van der Waals surface area contributed by atoms with Crippen molar-refractivity contribution >= 4 is 5.91 Å². The zero-order chi connectivity index (χ0) is 14.2. The fourth-order valence-corrected chi connectivity index (χ4v) is 2.35. The molecule has 1 amide bonds. The molecule has 2 rings (SSSR count). The molecule has 2 aromatic rings. The normalized spacial score (nSPS) is 10.1. The molecule has 21 heavy (non-hydrogen) atoms. The maximum atomic E-state index is 10.7. The van der Waals surface area contributed by atoms with Gasteiger partial charge in [0.2, 0.25) is 5.91 Å². The second-order valence-corrected chi connectivity index (χ2v) is 4.81. The van der Waals surface area contributed by atoms with E-state index in [2.05, 4.69) is 53.8 Å². The van der Waals surface area contributed by atoms with Crippen LogP contribution in [0.25, 0.3) is 0 Å². The number of amides is 1. The van der Waals surface area contributed by atoms with Crippen molar-refractivity contribution in [3.63, 3.8) is 0 Å². The van der Waals surface area contributed by atoms with Gasteiger partial charge in [-0.15, -0.1) is 0 Å². The van der Waals surface area contributed by atoms with Crippen LogP contribution < -0.4 is 23.5 Å². The van der Waals surface area contributed by atoms with Crippen molar-refractivity contribution in [1.82, 2.24) is 5.32 Å². The highest BCUT2D eigenvalue weighted by Crippen LogP contribution is 2.27. The van der Waals surface area contributed by atoms with E-state index in [9.17, 15) is 4.79 Å². The number of nitrogens with one attached hydrogen (secondary N) is 1. The van der Waals surface area contributed by atoms with Gasteiger partial charge < -0.3 is 23.5 Å². The molecule has 0 fully saturated rings. The number of primary amides is 1. The minimum absolute atomic E-state index is 0.